The standard InChI is InChI=1S/C21H19N3O2/c1-26-17-7-3-5-14(9-17)20(25)19-12-24-21-18(19)10-15(11-23-21)13-4-2-6-16(22)8-13/h2-11,19H,12,22H2,1H3,(H,23,24). The maximum absolute atomic E-state index is 13.0. The summed E-state index contributed by atoms with van der Waals surface area (Å²) in [5.74, 6) is 1.22. The molecule has 0 amide bonds. The van der Waals surface area contributed by atoms with Gasteiger partial charge in [0.15, 0.2) is 5.78 Å². The van der Waals surface area contributed by atoms with E-state index in [1.807, 2.05) is 48.5 Å². The lowest BCUT2D eigenvalue weighted by atomic mass is 9.91. The fourth-order valence-corrected chi connectivity index (χ4v) is 3.29. The lowest BCUT2D eigenvalue weighted by Gasteiger charge is -2.11. The van der Waals surface area contributed by atoms with E-state index in [9.17, 15) is 4.79 Å². The Hall–Kier alpha value is -3.34. The molecule has 3 aromatic rings. The number of benzene rings is 2. The smallest absolute Gasteiger partial charge is 0.172 e. The molecular weight excluding hydrogens is 326 g/mol. The summed E-state index contributed by atoms with van der Waals surface area (Å²) in [6.45, 7) is 0.540. The fourth-order valence-electron chi connectivity index (χ4n) is 3.29. The quantitative estimate of drug-likeness (QED) is 0.556. The zero-order valence-corrected chi connectivity index (χ0v) is 14.4. The number of aromatic nitrogens is 1. The van der Waals surface area contributed by atoms with Crippen LogP contribution in [0.5, 0.6) is 5.75 Å². The molecule has 0 saturated heterocycles. The Morgan fingerprint density at radius 1 is 1.15 bits per heavy atom. The number of fused-ring (bicyclic) bond motifs is 1. The van der Waals surface area contributed by atoms with Crippen molar-refractivity contribution in [2.45, 2.75) is 5.92 Å². The third-order valence-electron chi connectivity index (χ3n) is 4.66. The van der Waals surface area contributed by atoms with Crippen LogP contribution in [0.1, 0.15) is 21.8 Å². The minimum atomic E-state index is -0.273. The van der Waals surface area contributed by atoms with Crippen LogP contribution in [-0.4, -0.2) is 24.4 Å². The fraction of sp³-hybridized carbons (Fsp3) is 0.143. The molecule has 5 nitrogen and oxygen atoms in total. The van der Waals surface area contributed by atoms with E-state index in [1.165, 1.54) is 0 Å². The van der Waals surface area contributed by atoms with Gasteiger partial charge < -0.3 is 15.8 Å². The second kappa shape index (κ2) is 6.52. The molecule has 5 heteroatoms. The van der Waals surface area contributed by atoms with Crippen molar-refractivity contribution in [2.75, 3.05) is 24.7 Å². The number of ketones is 1. The van der Waals surface area contributed by atoms with Gasteiger partial charge in [-0.2, -0.15) is 0 Å². The summed E-state index contributed by atoms with van der Waals surface area (Å²) in [5, 5.41) is 3.23. The predicted octanol–water partition coefficient (Wildman–Crippen LogP) is 3.73. The molecule has 1 aliphatic heterocycles. The van der Waals surface area contributed by atoms with Crippen LogP contribution in [-0.2, 0) is 0 Å². The summed E-state index contributed by atoms with van der Waals surface area (Å²) < 4.78 is 5.23. The Kier molecular flexibility index (Phi) is 4.05. The summed E-state index contributed by atoms with van der Waals surface area (Å²) in [7, 11) is 1.60. The predicted molar refractivity (Wildman–Crippen MR) is 103 cm³/mol. The second-order valence-corrected chi connectivity index (χ2v) is 6.32. The number of Topliss-reactive ketones (excluding diaryl/α,β-unsaturated/α-hetero) is 1. The molecule has 1 atom stereocenters. The monoisotopic (exact) mass is 345 g/mol. The van der Waals surface area contributed by atoms with E-state index in [0.717, 1.165) is 22.5 Å². The van der Waals surface area contributed by atoms with E-state index in [4.69, 9.17) is 10.5 Å². The zero-order valence-electron chi connectivity index (χ0n) is 14.4. The van der Waals surface area contributed by atoms with Gasteiger partial charge in [0.05, 0.1) is 13.0 Å². The maximum Gasteiger partial charge on any atom is 0.172 e. The largest absolute Gasteiger partial charge is 0.497 e. The van der Waals surface area contributed by atoms with Crippen molar-refractivity contribution in [2.24, 2.45) is 0 Å². The number of carbonyl (C=O) groups excluding carboxylic acids is 1. The Morgan fingerprint density at radius 3 is 2.81 bits per heavy atom. The lowest BCUT2D eigenvalue weighted by Crippen LogP contribution is -2.15. The van der Waals surface area contributed by atoms with Gasteiger partial charge in [0, 0.05) is 35.1 Å². The first-order valence-electron chi connectivity index (χ1n) is 8.43. The highest BCUT2D eigenvalue weighted by Crippen LogP contribution is 2.35. The number of rotatable bonds is 4. The summed E-state index contributed by atoms with van der Waals surface area (Å²) in [6, 6.07) is 16.9. The number of anilines is 2. The van der Waals surface area contributed by atoms with E-state index in [-0.39, 0.29) is 11.7 Å². The van der Waals surface area contributed by atoms with Gasteiger partial charge in [-0.15, -0.1) is 0 Å². The molecule has 130 valence electrons. The number of hydrogen-bond donors (Lipinski definition) is 2. The molecule has 3 N–H and O–H groups in total. The Balaban J connectivity index is 1.70. The van der Waals surface area contributed by atoms with Crippen molar-refractivity contribution >= 4 is 17.3 Å². The van der Waals surface area contributed by atoms with E-state index in [0.29, 0.717) is 23.5 Å². The number of nitrogens with one attached hydrogen (secondary N) is 1. The number of hydrogen-bond acceptors (Lipinski definition) is 5. The molecule has 0 bridgehead atoms. The van der Waals surface area contributed by atoms with Gasteiger partial charge in [-0.25, -0.2) is 4.98 Å². The van der Waals surface area contributed by atoms with Gasteiger partial charge in [0.1, 0.15) is 11.6 Å². The van der Waals surface area contributed by atoms with Crippen LogP contribution in [0.2, 0.25) is 0 Å². The topological polar surface area (TPSA) is 77.2 Å². The number of pyridine rings is 1. The van der Waals surface area contributed by atoms with E-state index >= 15 is 0 Å². The summed E-state index contributed by atoms with van der Waals surface area (Å²) in [6.07, 6.45) is 1.80. The molecule has 1 aliphatic rings. The molecule has 0 fully saturated rings. The summed E-state index contributed by atoms with van der Waals surface area (Å²) in [4.78, 5) is 17.5. The third kappa shape index (κ3) is 2.88. The van der Waals surface area contributed by atoms with Crippen LogP contribution >= 0.6 is 0 Å². The lowest BCUT2D eigenvalue weighted by molar-refractivity contribution is 0.0966. The average Bonchev–Trinajstić information content (AvgIpc) is 3.10. The Bertz CT molecular complexity index is 984. The van der Waals surface area contributed by atoms with E-state index in [2.05, 4.69) is 10.3 Å². The van der Waals surface area contributed by atoms with Crippen LogP contribution < -0.4 is 15.8 Å². The van der Waals surface area contributed by atoms with Gasteiger partial charge >= 0.3 is 0 Å². The SMILES string of the molecule is COc1cccc(C(=O)C2CNc3ncc(-c4cccc(N)c4)cc32)c1. The molecule has 4 rings (SSSR count). The Labute approximate surface area is 151 Å². The molecule has 0 aliphatic carbocycles. The van der Waals surface area contributed by atoms with Crippen LogP contribution in [0.15, 0.2) is 60.8 Å². The number of carbonyl (C=O) groups is 1. The Morgan fingerprint density at radius 2 is 2.00 bits per heavy atom. The molecule has 26 heavy (non-hydrogen) atoms. The zero-order chi connectivity index (χ0) is 18.1. The number of nitrogen functional groups attached to an aromatic ring is 1. The highest BCUT2D eigenvalue weighted by Gasteiger charge is 2.30. The second-order valence-electron chi connectivity index (χ2n) is 6.32. The van der Waals surface area contributed by atoms with Gasteiger partial charge in [0.2, 0.25) is 0 Å². The van der Waals surface area contributed by atoms with Gasteiger partial charge in [-0.1, -0.05) is 24.3 Å². The van der Waals surface area contributed by atoms with Crippen LogP contribution in [0, 0.1) is 0 Å². The van der Waals surface area contributed by atoms with Gasteiger partial charge in [-0.3, -0.25) is 4.79 Å². The first-order chi connectivity index (χ1) is 12.7. The third-order valence-corrected chi connectivity index (χ3v) is 4.66. The molecular formula is C21H19N3O2. The minimum absolute atomic E-state index is 0.0571. The summed E-state index contributed by atoms with van der Waals surface area (Å²) >= 11 is 0. The first kappa shape index (κ1) is 16.1. The number of methoxy groups -OCH3 is 1. The van der Waals surface area contributed by atoms with Gasteiger partial charge in [0.25, 0.3) is 0 Å². The minimum Gasteiger partial charge on any atom is -0.497 e. The van der Waals surface area contributed by atoms with Crippen LogP contribution in [0.4, 0.5) is 11.5 Å². The van der Waals surface area contributed by atoms with Crippen molar-refractivity contribution in [3.63, 3.8) is 0 Å². The van der Waals surface area contributed by atoms with E-state index in [1.54, 1.807) is 19.4 Å². The van der Waals surface area contributed by atoms with Crippen molar-refractivity contribution in [3.05, 3.63) is 71.9 Å². The average molecular weight is 345 g/mol. The number of ether oxygens (including phenoxy) is 1. The molecule has 2 heterocycles. The molecule has 0 saturated carbocycles. The molecule has 1 aromatic heterocycles. The molecule has 1 unspecified atom stereocenters. The van der Waals surface area contributed by atoms with Crippen LogP contribution in [0.25, 0.3) is 11.1 Å². The molecule has 0 radical (unpaired) electrons. The maximum atomic E-state index is 13.0. The van der Waals surface area contributed by atoms with Crippen LogP contribution in [0.3, 0.4) is 0 Å². The molecule has 0 spiro atoms. The molecule has 2 aromatic carbocycles. The number of nitrogens with two attached hydrogens (primary N) is 1. The highest BCUT2D eigenvalue weighted by atomic mass is 16.5. The first-order valence-corrected chi connectivity index (χ1v) is 8.43. The normalized spacial score (nSPS) is 15.2. The van der Waals surface area contributed by atoms with Crippen molar-refractivity contribution < 1.29 is 9.53 Å². The van der Waals surface area contributed by atoms with Crippen molar-refractivity contribution in [1.29, 1.82) is 0 Å². The number of nitrogens with zero attached hydrogens (tertiary/aromatic N) is 1. The van der Waals surface area contributed by atoms with E-state index < -0.39 is 0 Å². The van der Waals surface area contributed by atoms with Gasteiger partial charge in [-0.05, 0) is 35.9 Å². The van der Waals surface area contributed by atoms with Crippen molar-refractivity contribution in [3.8, 4) is 16.9 Å². The van der Waals surface area contributed by atoms with Crippen molar-refractivity contribution in [1.82, 2.24) is 4.98 Å². The highest BCUT2D eigenvalue weighted by molar-refractivity contribution is 6.03. The summed E-state index contributed by atoms with van der Waals surface area (Å²) in [5.41, 5.74) is 10.1.